The number of rotatable bonds is 8. The van der Waals surface area contributed by atoms with Crippen LogP contribution in [0.2, 0.25) is 0 Å². The summed E-state index contributed by atoms with van der Waals surface area (Å²) in [5.74, 6) is 0. The van der Waals surface area contributed by atoms with E-state index < -0.39 is 0 Å². The van der Waals surface area contributed by atoms with E-state index in [2.05, 4.69) is 443 Å². The summed E-state index contributed by atoms with van der Waals surface area (Å²) >= 11 is 0. The number of nitrogens with zero attached hydrogens (tertiary/aromatic N) is 6. The normalized spacial score (nSPS) is 11.7. The smallest absolute Gasteiger partial charge is 0.0562 e. The lowest BCUT2D eigenvalue weighted by Crippen LogP contribution is -1.95. The highest BCUT2D eigenvalue weighted by Crippen LogP contribution is 2.43. The maximum Gasteiger partial charge on any atom is 0.0562 e. The molecule has 0 N–H and O–H groups in total. The van der Waals surface area contributed by atoms with Gasteiger partial charge in [0.1, 0.15) is 0 Å². The van der Waals surface area contributed by atoms with Crippen molar-refractivity contribution in [2.45, 2.75) is 0 Å². The molecule has 0 unspecified atom stereocenters. The van der Waals surface area contributed by atoms with E-state index in [0.717, 1.165) is 0 Å². The first-order valence-corrected chi connectivity index (χ1v) is 38.2. The molecule has 6 heterocycles. The Morgan fingerprint density at radius 2 is 0.360 bits per heavy atom. The molecule has 111 heavy (non-hydrogen) atoms. The molecule has 6 heteroatoms. The van der Waals surface area contributed by atoms with Crippen molar-refractivity contribution in [1.29, 1.82) is 0 Å². The Kier molecular flexibility index (Phi) is 15.5. The standard InChI is InChI=1S/2C37H26N2.C31H22N2/c1-38-34-19-7-5-17-30(34)32-23-33-31-18-6-8-20-35(31)39(37(33)24-36(32)38)29-16-10-15-28(22-29)27-14-9-13-26(21-27)25-11-3-2-4-12-25;1-38-34-16-7-5-14-30(34)32-23-33-31-15-6-8-17-35(31)39(37(33)24-36(32)38)29-20-18-26(19-21-29)28-13-9-12-27(22-28)25-10-3-2-4-11-25;1-32-28-13-7-5-11-24(28)26-20-31-27(19-30(26)32)25-12-6-8-14-29(25)33(31)23-17-15-22(16-18-23)21-9-3-2-4-10-21/h2*2-24H,1H3;2-20H,1H3. The molecule has 0 aliphatic heterocycles. The van der Waals surface area contributed by atoms with Crippen LogP contribution in [0.4, 0.5) is 0 Å². The highest BCUT2D eigenvalue weighted by molar-refractivity contribution is 6.22. The fourth-order valence-corrected chi connectivity index (χ4v) is 17.8. The van der Waals surface area contributed by atoms with Gasteiger partial charge in [0.05, 0.1) is 44.1 Å². The van der Waals surface area contributed by atoms with Gasteiger partial charge in [-0.2, -0.15) is 0 Å². The van der Waals surface area contributed by atoms with Crippen LogP contribution in [0, 0.1) is 0 Å². The summed E-state index contributed by atoms with van der Waals surface area (Å²) in [6.07, 6.45) is 0. The number of fused-ring (bicyclic) bond motifs is 18. The van der Waals surface area contributed by atoms with Crippen molar-refractivity contribution in [3.63, 3.8) is 0 Å². The van der Waals surface area contributed by atoms with Gasteiger partial charge in [0.15, 0.2) is 0 Å². The molecule has 0 fully saturated rings. The lowest BCUT2D eigenvalue weighted by molar-refractivity contribution is 1.01. The van der Waals surface area contributed by atoms with Gasteiger partial charge in [0, 0.05) is 125 Å². The van der Waals surface area contributed by atoms with Crippen LogP contribution < -0.4 is 0 Å². The summed E-state index contributed by atoms with van der Waals surface area (Å²) in [5.41, 5.74) is 30.7. The van der Waals surface area contributed by atoms with Gasteiger partial charge < -0.3 is 27.4 Å². The largest absolute Gasteiger partial charge is 0.344 e. The molecule has 0 aliphatic rings. The zero-order chi connectivity index (χ0) is 73.8. The molecule has 23 aromatic rings. The van der Waals surface area contributed by atoms with Crippen LogP contribution in [0.3, 0.4) is 0 Å². The molecule has 0 spiro atoms. The van der Waals surface area contributed by atoms with Crippen molar-refractivity contribution in [2.75, 3.05) is 0 Å². The minimum absolute atomic E-state index is 1.17. The first-order chi connectivity index (χ1) is 54.8. The number of para-hydroxylation sites is 6. The van der Waals surface area contributed by atoms with E-state index in [1.165, 1.54) is 204 Å². The van der Waals surface area contributed by atoms with Crippen LogP contribution in [0.1, 0.15) is 0 Å². The predicted molar refractivity (Wildman–Crippen MR) is 471 cm³/mol. The molecule has 6 aromatic heterocycles. The van der Waals surface area contributed by atoms with Gasteiger partial charge in [-0.25, -0.2) is 0 Å². The molecule has 0 bridgehead atoms. The summed E-state index contributed by atoms with van der Waals surface area (Å²) < 4.78 is 14.2. The highest BCUT2D eigenvalue weighted by atomic mass is 15.0. The van der Waals surface area contributed by atoms with Crippen molar-refractivity contribution in [1.82, 2.24) is 27.4 Å². The molecular formula is C105H74N6. The van der Waals surface area contributed by atoms with Crippen LogP contribution in [0.15, 0.2) is 394 Å². The molecule has 0 atom stereocenters. The summed E-state index contributed by atoms with van der Waals surface area (Å²) in [6, 6.07) is 143. The van der Waals surface area contributed by atoms with E-state index in [1.807, 2.05) is 0 Å². The molecule has 17 aromatic carbocycles. The highest BCUT2D eigenvalue weighted by Gasteiger charge is 2.22. The van der Waals surface area contributed by atoms with Crippen LogP contribution in [0.5, 0.6) is 0 Å². The fourth-order valence-electron chi connectivity index (χ4n) is 17.8. The Morgan fingerprint density at radius 1 is 0.126 bits per heavy atom. The van der Waals surface area contributed by atoms with E-state index in [4.69, 9.17) is 0 Å². The summed E-state index contributed by atoms with van der Waals surface area (Å²) in [5, 5.41) is 15.5. The molecular weight excluding hydrogens is 1350 g/mol. The van der Waals surface area contributed by atoms with Gasteiger partial charge in [-0.15, -0.1) is 0 Å². The SMILES string of the molecule is Cn1c2ccccc2c2cc3c(cc21)c1ccccc1n3-c1ccc(-c2ccccc2)cc1.Cn1c2ccccc2c2cc3c4ccccc4n(-c4ccc(-c5cccc(-c6ccccc6)c5)cc4)c3cc21.Cn1c2ccccc2c2cc3c4ccccc4n(-c4cccc(-c5cccc(-c6ccccc6)c5)c4)c3cc21. The van der Waals surface area contributed by atoms with Crippen molar-refractivity contribution in [3.05, 3.63) is 394 Å². The molecule has 0 amide bonds. The first-order valence-electron chi connectivity index (χ1n) is 38.2. The fraction of sp³-hybridized carbons (Fsp3) is 0.0286. The second-order valence-corrected chi connectivity index (χ2v) is 29.3. The number of benzene rings is 17. The van der Waals surface area contributed by atoms with Crippen LogP contribution in [0.25, 0.3) is 204 Å². The summed E-state index contributed by atoms with van der Waals surface area (Å²) in [7, 11) is 6.50. The van der Waals surface area contributed by atoms with E-state index in [1.54, 1.807) is 0 Å². The molecule has 0 saturated carbocycles. The van der Waals surface area contributed by atoms with Gasteiger partial charge in [-0.05, 0) is 177 Å². The Hall–Kier alpha value is -14.5. The second-order valence-electron chi connectivity index (χ2n) is 29.3. The maximum absolute atomic E-state index is 2.42. The van der Waals surface area contributed by atoms with Crippen molar-refractivity contribution >= 4 is 131 Å². The number of aromatic nitrogens is 6. The topological polar surface area (TPSA) is 29.6 Å². The van der Waals surface area contributed by atoms with E-state index in [-0.39, 0.29) is 0 Å². The Morgan fingerprint density at radius 3 is 0.757 bits per heavy atom. The van der Waals surface area contributed by atoms with Gasteiger partial charge in [0.25, 0.3) is 0 Å². The number of hydrogen-bond acceptors (Lipinski definition) is 0. The Bertz CT molecular complexity index is 7570. The molecule has 23 rings (SSSR count). The van der Waals surface area contributed by atoms with E-state index in [0.29, 0.717) is 0 Å². The number of aryl methyl sites for hydroxylation is 3. The van der Waals surface area contributed by atoms with Gasteiger partial charge in [-0.3, -0.25) is 0 Å². The molecule has 524 valence electrons. The van der Waals surface area contributed by atoms with E-state index in [9.17, 15) is 0 Å². The second kappa shape index (κ2) is 26.5. The lowest BCUT2D eigenvalue weighted by atomic mass is 9.99. The molecule has 0 radical (unpaired) electrons. The van der Waals surface area contributed by atoms with Crippen LogP contribution >= 0.6 is 0 Å². The Balaban J connectivity index is 0.000000106. The monoisotopic (exact) mass is 1420 g/mol. The van der Waals surface area contributed by atoms with E-state index >= 15 is 0 Å². The average Bonchev–Trinajstić information content (AvgIpc) is 1.58. The summed E-state index contributed by atoms with van der Waals surface area (Å²) in [4.78, 5) is 0. The van der Waals surface area contributed by atoms with Crippen LogP contribution in [-0.4, -0.2) is 27.4 Å². The minimum atomic E-state index is 1.17. The zero-order valence-corrected chi connectivity index (χ0v) is 61.7. The van der Waals surface area contributed by atoms with Crippen LogP contribution in [-0.2, 0) is 21.1 Å². The lowest BCUT2D eigenvalue weighted by Gasteiger charge is -2.11. The minimum Gasteiger partial charge on any atom is -0.344 e. The number of hydrogen-bond donors (Lipinski definition) is 0. The third-order valence-electron chi connectivity index (χ3n) is 23.2. The Labute approximate surface area is 642 Å². The maximum atomic E-state index is 2.42. The molecule has 0 saturated heterocycles. The van der Waals surface area contributed by atoms with Crippen molar-refractivity contribution in [2.24, 2.45) is 21.1 Å². The quantitative estimate of drug-likeness (QED) is 0.145. The van der Waals surface area contributed by atoms with Gasteiger partial charge >= 0.3 is 0 Å². The average molecular weight is 1420 g/mol. The molecule has 0 aliphatic carbocycles. The van der Waals surface area contributed by atoms with Crippen molar-refractivity contribution < 1.29 is 0 Å². The van der Waals surface area contributed by atoms with Crippen molar-refractivity contribution in [3.8, 4) is 72.7 Å². The zero-order valence-electron chi connectivity index (χ0n) is 61.7. The molecule has 6 nitrogen and oxygen atoms in total. The third kappa shape index (κ3) is 10.9. The first kappa shape index (κ1) is 64.9. The summed E-state index contributed by atoms with van der Waals surface area (Å²) in [6.45, 7) is 0. The van der Waals surface area contributed by atoms with Gasteiger partial charge in [-0.1, -0.05) is 273 Å². The van der Waals surface area contributed by atoms with Gasteiger partial charge in [0.2, 0.25) is 0 Å². The predicted octanol–water partition coefficient (Wildman–Crippen LogP) is 27.6. The third-order valence-corrected chi connectivity index (χ3v) is 23.2.